The van der Waals surface area contributed by atoms with Crippen LogP contribution in [0.1, 0.15) is 12.5 Å². The number of amides is 1. The van der Waals surface area contributed by atoms with Gasteiger partial charge >= 0.3 is 0 Å². The Hall–Kier alpha value is -1.80. The number of ether oxygens (including phenoxy) is 2. The Morgan fingerprint density at radius 3 is 2.43 bits per heavy atom. The van der Waals surface area contributed by atoms with Crippen molar-refractivity contribution in [3.8, 4) is 11.5 Å². The Morgan fingerprint density at radius 2 is 1.86 bits per heavy atom. The highest BCUT2D eigenvalue weighted by molar-refractivity contribution is 7.88. The van der Waals surface area contributed by atoms with Gasteiger partial charge in [-0.25, -0.2) is 13.1 Å². The molecule has 7 nitrogen and oxygen atoms in total. The molecule has 0 bridgehead atoms. The molecule has 1 amide bonds. The Balaban J connectivity index is 2.73. The SMILES string of the molecule is CCNC(=O)CNS(=O)(=O)Cc1ccc(OC)c(OC)c1. The Labute approximate surface area is 124 Å². The van der Waals surface area contributed by atoms with Crippen molar-refractivity contribution in [1.82, 2.24) is 10.0 Å². The van der Waals surface area contributed by atoms with Gasteiger partial charge in [-0.2, -0.15) is 0 Å². The van der Waals surface area contributed by atoms with Gasteiger partial charge in [0.05, 0.1) is 26.5 Å². The first-order valence-corrected chi connectivity index (χ1v) is 8.02. The van der Waals surface area contributed by atoms with Gasteiger partial charge < -0.3 is 14.8 Å². The lowest BCUT2D eigenvalue weighted by molar-refractivity contribution is -0.119. The van der Waals surface area contributed by atoms with Crippen molar-refractivity contribution < 1.29 is 22.7 Å². The number of nitrogens with one attached hydrogen (secondary N) is 2. The van der Waals surface area contributed by atoms with Crippen molar-refractivity contribution >= 4 is 15.9 Å². The van der Waals surface area contributed by atoms with Gasteiger partial charge in [0.1, 0.15) is 0 Å². The zero-order valence-electron chi connectivity index (χ0n) is 12.3. The molecule has 1 aromatic carbocycles. The van der Waals surface area contributed by atoms with E-state index in [0.29, 0.717) is 23.6 Å². The van der Waals surface area contributed by atoms with E-state index < -0.39 is 10.0 Å². The van der Waals surface area contributed by atoms with E-state index >= 15 is 0 Å². The van der Waals surface area contributed by atoms with Crippen LogP contribution < -0.4 is 19.5 Å². The van der Waals surface area contributed by atoms with Crippen LogP contribution in [-0.4, -0.2) is 41.6 Å². The van der Waals surface area contributed by atoms with Crippen molar-refractivity contribution in [3.05, 3.63) is 23.8 Å². The first-order chi connectivity index (χ1) is 9.91. The number of carbonyl (C=O) groups excluding carboxylic acids is 1. The quantitative estimate of drug-likeness (QED) is 0.717. The Morgan fingerprint density at radius 1 is 1.19 bits per heavy atom. The summed E-state index contributed by atoms with van der Waals surface area (Å²) in [5, 5.41) is 2.51. The van der Waals surface area contributed by atoms with Crippen molar-refractivity contribution in [2.45, 2.75) is 12.7 Å². The second-order valence-electron chi connectivity index (χ2n) is 4.22. The molecule has 0 unspecified atom stereocenters. The molecule has 0 aromatic heterocycles. The Bertz CT molecular complexity index is 586. The molecule has 0 atom stereocenters. The first-order valence-electron chi connectivity index (χ1n) is 6.36. The predicted molar refractivity (Wildman–Crippen MR) is 78.9 cm³/mol. The maximum atomic E-state index is 11.9. The number of hydrogen-bond donors (Lipinski definition) is 2. The van der Waals surface area contributed by atoms with E-state index in [-0.39, 0.29) is 18.2 Å². The van der Waals surface area contributed by atoms with E-state index in [1.807, 2.05) is 0 Å². The van der Waals surface area contributed by atoms with Gasteiger partial charge in [-0.1, -0.05) is 6.07 Å². The third-order valence-electron chi connectivity index (χ3n) is 2.63. The summed E-state index contributed by atoms with van der Waals surface area (Å²) in [5.74, 6) is 0.364. The predicted octanol–water partition coefficient (Wildman–Crippen LogP) is 0.259. The fraction of sp³-hybridized carbons (Fsp3) is 0.462. The van der Waals surface area contributed by atoms with Crippen LogP contribution in [0.5, 0.6) is 11.5 Å². The minimum absolute atomic E-state index is 0.243. The van der Waals surface area contributed by atoms with Crippen LogP contribution in [0.2, 0.25) is 0 Å². The average Bonchev–Trinajstić information content (AvgIpc) is 2.45. The lowest BCUT2D eigenvalue weighted by Gasteiger charge is -2.10. The highest BCUT2D eigenvalue weighted by Crippen LogP contribution is 2.28. The summed E-state index contributed by atoms with van der Waals surface area (Å²) in [6, 6.07) is 4.85. The maximum absolute atomic E-state index is 11.9. The molecule has 0 aliphatic rings. The van der Waals surface area contributed by atoms with Crippen LogP contribution in [0.25, 0.3) is 0 Å². The second-order valence-corrected chi connectivity index (χ2v) is 6.03. The lowest BCUT2D eigenvalue weighted by atomic mass is 10.2. The topological polar surface area (TPSA) is 93.7 Å². The van der Waals surface area contributed by atoms with E-state index in [1.165, 1.54) is 14.2 Å². The van der Waals surface area contributed by atoms with Crippen LogP contribution in [0.15, 0.2) is 18.2 Å². The fourth-order valence-corrected chi connectivity index (χ4v) is 2.75. The molecule has 2 N–H and O–H groups in total. The van der Waals surface area contributed by atoms with Crippen molar-refractivity contribution in [2.75, 3.05) is 27.3 Å². The van der Waals surface area contributed by atoms with Crippen LogP contribution in [0, 0.1) is 0 Å². The van der Waals surface area contributed by atoms with Gasteiger partial charge in [0.15, 0.2) is 11.5 Å². The molecule has 118 valence electrons. The molecule has 1 rings (SSSR count). The summed E-state index contributed by atoms with van der Waals surface area (Å²) in [6.07, 6.45) is 0. The summed E-state index contributed by atoms with van der Waals surface area (Å²) in [6.45, 7) is 1.94. The van der Waals surface area contributed by atoms with Gasteiger partial charge in [0.25, 0.3) is 0 Å². The minimum atomic E-state index is -3.60. The van der Waals surface area contributed by atoms with E-state index in [4.69, 9.17) is 9.47 Å². The van der Waals surface area contributed by atoms with Crippen molar-refractivity contribution in [2.24, 2.45) is 0 Å². The van der Waals surface area contributed by atoms with Crippen LogP contribution in [-0.2, 0) is 20.6 Å². The largest absolute Gasteiger partial charge is 0.493 e. The molecule has 0 spiro atoms. The van der Waals surface area contributed by atoms with E-state index in [9.17, 15) is 13.2 Å². The zero-order valence-corrected chi connectivity index (χ0v) is 13.1. The van der Waals surface area contributed by atoms with E-state index in [2.05, 4.69) is 10.0 Å². The maximum Gasteiger partial charge on any atom is 0.235 e. The third-order valence-corrected chi connectivity index (χ3v) is 3.93. The van der Waals surface area contributed by atoms with Crippen LogP contribution in [0.4, 0.5) is 0 Å². The number of rotatable bonds is 8. The molecule has 0 radical (unpaired) electrons. The molecular weight excluding hydrogens is 296 g/mol. The molecule has 0 heterocycles. The number of benzene rings is 1. The molecule has 0 aliphatic carbocycles. The number of likely N-dealkylation sites (N-methyl/N-ethyl adjacent to an activating group) is 1. The molecule has 0 aliphatic heterocycles. The first kappa shape index (κ1) is 17.3. The smallest absolute Gasteiger partial charge is 0.235 e. The summed E-state index contributed by atoms with van der Waals surface area (Å²) in [4.78, 5) is 11.3. The van der Waals surface area contributed by atoms with Crippen molar-refractivity contribution in [1.29, 1.82) is 0 Å². The molecule has 1 aromatic rings. The molecular formula is C13H20N2O5S. The minimum Gasteiger partial charge on any atom is -0.493 e. The summed E-state index contributed by atoms with van der Waals surface area (Å²) < 4.78 is 36.2. The van der Waals surface area contributed by atoms with E-state index in [1.54, 1.807) is 25.1 Å². The normalized spacial score (nSPS) is 11.0. The summed E-state index contributed by atoms with van der Waals surface area (Å²) >= 11 is 0. The molecule has 21 heavy (non-hydrogen) atoms. The number of methoxy groups -OCH3 is 2. The van der Waals surface area contributed by atoms with Gasteiger partial charge in [0.2, 0.25) is 15.9 Å². The highest BCUT2D eigenvalue weighted by Gasteiger charge is 2.15. The zero-order chi connectivity index (χ0) is 15.9. The monoisotopic (exact) mass is 316 g/mol. The van der Waals surface area contributed by atoms with Crippen molar-refractivity contribution in [3.63, 3.8) is 0 Å². The third kappa shape index (κ3) is 5.60. The van der Waals surface area contributed by atoms with Gasteiger partial charge in [-0.3, -0.25) is 4.79 Å². The number of sulfonamides is 1. The molecule has 8 heteroatoms. The summed E-state index contributed by atoms with van der Waals surface area (Å²) in [5.41, 5.74) is 0.538. The van der Waals surface area contributed by atoms with Gasteiger partial charge in [-0.15, -0.1) is 0 Å². The standard InChI is InChI=1S/C13H20N2O5S/c1-4-14-13(16)8-15-21(17,18)9-10-5-6-11(19-2)12(7-10)20-3/h5-7,15H,4,8-9H2,1-3H3,(H,14,16). The second kappa shape index (κ2) is 7.84. The van der Waals surface area contributed by atoms with Crippen LogP contribution >= 0.6 is 0 Å². The molecule has 0 fully saturated rings. The molecule has 0 saturated carbocycles. The number of carbonyl (C=O) groups is 1. The average molecular weight is 316 g/mol. The van der Waals surface area contributed by atoms with Crippen LogP contribution in [0.3, 0.4) is 0 Å². The fourth-order valence-electron chi connectivity index (χ4n) is 1.68. The number of hydrogen-bond acceptors (Lipinski definition) is 5. The lowest BCUT2D eigenvalue weighted by Crippen LogP contribution is -2.37. The summed E-state index contributed by atoms with van der Waals surface area (Å²) in [7, 11) is -0.622. The van der Waals surface area contributed by atoms with E-state index in [0.717, 1.165) is 0 Å². The molecule has 0 saturated heterocycles. The highest BCUT2D eigenvalue weighted by atomic mass is 32.2. The Kier molecular flexibility index (Phi) is 6.44. The van der Waals surface area contributed by atoms with Gasteiger partial charge in [-0.05, 0) is 24.6 Å². The van der Waals surface area contributed by atoms with Gasteiger partial charge in [0, 0.05) is 6.54 Å².